The molecule has 1 amide bonds. The molecule has 2 heterocycles. The fourth-order valence-electron chi connectivity index (χ4n) is 4.32. The van der Waals surface area contributed by atoms with Gasteiger partial charge in [0.05, 0.1) is 24.6 Å². The lowest BCUT2D eigenvalue weighted by molar-refractivity contribution is -0.137. The summed E-state index contributed by atoms with van der Waals surface area (Å²) in [5, 5.41) is 4.09. The maximum absolute atomic E-state index is 13.7. The van der Waals surface area contributed by atoms with Crippen molar-refractivity contribution in [3.63, 3.8) is 0 Å². The van der Waals surface area contributed by atoms with Gasteiger partial charge in [-0.25, -0.2) is 14.4 Å². The Morgan fingerprint density at radius 2 is 1.92 bits per heavy atom. The van der Waals surface area contributed by atoms with Gasteiger partial charge in [0.2, 0.25) is 5.91 Å². The van der Waals surface area contributed by atoms with Gasteiger partial charge in [-0.2, -0.15) is 13.2 Å². The zero-order valence-electron chi connectivity index (χ0n) is 19.1. The average molecular weight is 496 g/mol. The van der Waals surface area contributed by atoms with Gasteiger partial charge in [-0.3, -0.25) is 4.79 Å². The molecule has 1 aliphatic heterocycles. The molecule has 184 valence electrons. The summed E-state index contributed by atoms with van der Waals surface area (Å²) in [6.45, 7) is 0.384. The van der Waals surface area contributed by atoms with Crippen molar-refractivity contribution in [3.8, 4) is 5.75 Å². The second-order valence-electron chi connectivity index (χ2n) is 8.39. The minimum atomic E-state index is -4.69. The van der Waals surface area contributed by atoms with Crippen molar-refractivity contribution >= 4 is 34.0 Å². The van der Waals surface area contributed by atoms with Gasteiger partial charge in [0.25, 0.3) is 0 Å². The highest BCUT2D eigenvalue weighted by atomic mass is 19.4. The molecule has 4 aromatic rings. The zero-order chi connectivity index (χ0) is 25.4. The summed E-state index contributed by atoms with van der Waals surface area (Å²) in [6, 6.07) is 13.2. The Hall–Kier alpha value is -4.21. The lowest BCUT2D eigenvalue weighted by Crippen LogP contribution is -2.30. The van der Waals surface area contributed by atoms with Gasteiger partial charge < -0.3 is 15.0 Å². The van der Waals surface area contributed by atoms with Crippen LogP contribution in [0.3, 0.4) is 0 Å². The van der Waals surface area contributed by atoms with Crippen molar-refractivity contribution in [3.05, 3.63) is 83.4 Å². The minimum absolute atomic E-state index is 0.0219. The number of benzene rings is 3. The van der Waals surface area contributed by atoms with Crippen LogP contribution in [0.5, 0.6) is 5.75 Å². The number of halogens is 4. The van der Waals surface area contributed by atoms with Crippen LogP contribution < -0.4 is 15.0 Å². The lowest BCUT2D eigenvalue weighted by Gasteiger charge is -2.18. The molecule has 0 radical (unpaired) electrons. The number of alkyl halides is 3. The van der Waals surface area contributed by atoms with E-state index in [2.05, 4.69) is 15.3 Å². The Morgan fingerprint density at radius 3 is 2.69 bits per heavy atom. The van der Waals surface area contributed by atoms with Crippen LogP contribution in [-0.2, 0) is 23.8 Å². The first-order valence-corrected chi connectivity index (χ1v) is 11.1. The van der Waals surface area contributed by atoms with Gasteiger partial charge >= 0.3 is 6.18 Å². The van der Waals surface area contributed by atoms with Crippen molar-refractivity contribution in [2.24, 2.45) is 0 Å². The number of hydrogen-bond acceptors (Lipinski definition) is 5. The number of rotatable bonds is 5. The highest BCUT2D eigenvalue weighted by Gasteiger charge is 2.32. The average Bonchev–Trinajstić information content (AvgIpc) is 3.26. The van der Waals surface area contributed by atoms with E-state index < -0.39 is 23.5 Å². The highest BCUT2D eigenvalue weighted by Crippen LogP contribution is 2.34. The first-order valence-electron chi connectivity index (χ1n) is 11.1. The van der Waals surface area contributed by atoms with Crippen LogP contribution in [0.15, 0.2) is 60.9 Å². The molecular weight excluding hydrogens is 476 g/mol. The molecule has 0 fully saturated rings. The molecule has 6 nitrogen and oxygen atoms in total. The minimum Gasteiger partial charge on any atom is -0.497 e. The second kappa shape index (κ2) is 9.10. The number of carbonyl (C=O) groups excluding carboxylic acids is 1. The monoisotopic (exact) mass is 496 g/mol. The number of aromatic nitrogens is 2. The van der Waals surface area contributed by atoms with Crippen molar-refractivity contribution in [2.75, 3.05) is 23.9 Å². The standard InChI is InChI=1S/C26H20F4N4O2/c1-36-20-3-4-21-22(13-20)31-14-32-25(21)33-19-2-5-23-16(11-19)6-7-34(23)24(35)10-15-8-17(26(28,29)30)12-18(27)9-15/h2-5,8-9,11-14H,6-7,10H2,1H3,(H,31,32,33). The normalized spacial score (nSPS) is 13.1. The van der Waals surface area contributed by atoms with Crippen molar-refractivity contribution < 1.29 is 27.1 Å². The van der Waals surface area contributed by atoms with Crippen molar-refractivity contribution in [1.82, 2.24) is 9.97 Å². The Morgan fingerprint density at radius 1 is 1.08 bits per heavy atom. The molecule has 0 unspecified atom stereocenters. The number of hydrogen-bond donors (Lipinski definition) is 1. The summed E-state index contributed by atoms with van der Waals surface area (Å²) in [4.78, 5) is 23.0. The molecule has 0 atom stereocenters. The van der Waals surface area contributed by atoms with E-state index in [0.717, 1.165) is 34.3 Å². The van der Waals surface area contributed by atoms with Crippen LogP contribution >= 0.6 is 0 Å². The van der Waals surface area contributed by atoms with E-state index >= 15 is 0 Å². The summed E-state index contributed by atoms with van der Waals surface area (Å²) in [7, 11) is 1.58. The number of carbonyl (C=O) groups is 1. The number of amides is 1. The third-order valence-corrected chi connectivity index (χ3v) is 6.02. The van der Waals surface area contributed by atoms with E-state index in [9.17, 15) is 22.4 Å². The number of fused-ring (bicyclic) bond motifs is 2. The Kier molecular flexibility index (Phi) is 5.95. The highest BCUT2D eigenvalue weighted by molar-refractivity contribution is 5.97. The maximum Gasteiger partial charge on any atom is 0.416 e. The van der Waals surface area contributed by atoms with E-state index in [1.165, 1.54) is 11.2 Å². The summed E-state index contributed by atoms with van der Waals surface area (Å²) in [5.41, 5.74) is 1.93. The maximum atomic E-state index is 13.7. The van der Waals surface area contributed by atoms with Gasteiger partial charge in [-0.05, 0) is 66.1 Å². The number of anilines is 3. The van der Waals surface area contributed by atoms with E-state index in [0.29, 0.717) is 36.3 Å². The molecule has 0 aliphatic carbocycles. The Bertz CT molecular complexity index is 1470. The predicted molar refractivity (Wildman–Crippen MR) is 127 cm³/mol. The summed E-state index contributed by atoms with van der Waals surface area (Å²) < 4.78 is 58.0. The molecule has 0 bridgehead atoms. The van der Waals surface area contributed by atoms with E-state index in [-0.39, 0.29) is 12.0 Å². The number of ether oxygens (including phenoxy) is 1. The van der Waals surface area contributed by atoms with E-state index in [1.807, 2.05) is 24.3 Å². The number of methoxy groups -OCH3 is 1. The lowest BCUT2D eigenvalue weighted by atomic mass is 10.1. The van der Waals surface area contributed by atoms with Crippen LogP contribution in [-0.4, -0.2) is 29.5 Å². The molecule has 0 saturated heterocycles. The molecule has 0 saturated carbocycles. The predicted octanol–water partition coefficient (Wildman–Crippen LogP) is 5.67. The van der Waals surface area contributed by atoms with Crippen LogP contribution in [0.25, 0.3) is 10.9 Å². The van der Waals surface area contributed by atoms with Crippen LogP contribution in [0.2, 0.25) is 0 Å². The summed E-state index contributed by atoms with van der Waals surface area (Å²) >= 11 is 0. The van der Waals surface area contributed by atoms with Crippen LogP contribution in [0.1, 0.15) is 16.7 Å². The topological polar surface area (TPSA) is 67.3 Å². The van der Waals surface area contributed by atoms with Gasteiger partial charge in [-0.15, -0.1) is 0 Å². The van der Waals surface area contributed by atoms with Gasteiger partial charge in [0.1, 0.15) is 23.7 Å². The molecule has 10 heteroatoms. The quantitative estimate of drug-likeness (QED) is 0.361. The summed E-state index contributed by atoms with van der Waals surface area (Å²) in [6.07, 6.45) is -3.00. The van der Waals surface area contributed by atoms with Crippen molar-refractivity contribution in [2.45, 2.75) is 19.0 Å². The van der Waals surface area contributed by atoms with E-state index in [1.54, 1.807) is 19.2 Å². The number of nitrogens with zero attached hydrogens (tertiary/aromatic N) is 3. The van der Waals surface area contributed by atoms with Crippen LogP contribution in [0, 0.1) is 5.82 Å². The van der Waals surface area contributed by atoms with Crippen LogP contribution in [0.4, 0.5) is 34.8 Å². The van der Waals surface area contributed by atoms with Gasteiger partial charge in [-0.1, -0.05) is 0 Å². The molecule has 1 aliphatic rings. The third-order valence-electron chi connectivity index (χ3n) is 6.02. The third kappa shape index (κ3) is 4.66. The zero-order valence-corrected chi connectivity index (χ0v) is 19.1. The molecule has 1 N–H and O–H groups in total. The summed E-state index contributed by atoms with van der Waals surface area (Å²) in [5.74, 6) is -0.132. The molecule has 36 heavy (non-hydrogen) atoms. The van der Waals surface area contributed by atoms with E-state index in [4.69, 9.17) is 4.74 Å². The largest absolute Gasteiger partial charge is 0.497 e. The second-order valence-corrected chi connectivity index (χ2v) is 8.39. The Labute approximate surface area is 203 Å². The SMILES string of the molecule is COc1ccc2c(Nc3ccc4c(c3)CCN4C(=O)Cc3cc(F)cc(C(F)(F)F)c3)ncnc2c1. The Balaban J connectivity index is 1.35. The first-order chi connectivity index (χ1) is 17.2. The number of nitrogens with one attached hydrogen (secondary N) is 1. The molecule has 0 spiro atoms. The van der Waals surface area contributed by atoms with Gasteiger partial charge in [0.15, 0.2) is 0 Å². The molecular formula is C26H20F4N4O2. The van der Waals surface area contributed by atoms with Gasteiger partial charge in [0, 0.05) is 29.4 Å². The fraction of sp³-hybridized carbons (Fsp3) is 0.192. The van der Waals surface area contributed by atoms with Crippen molar-refractivity contribution in [1.29, 1.82) is 0 Å². The molecule has 5 rings (SSSR count). The molecule has 3 aromatic carbocycles. The molecule has 1 aromatic heterocycles. The first kappa shape index (κ1) is 23.5. The fourth-order valence-corrected chi connectivity index (χ4v) is 4.32. The smallest absolute Gasteiger partial charge is 0.416 e.